The zero-order chi connectivity index (χ0) is 28.8. The number of nitriles is 1. The number of nitrogens with zero attached hydrogens (tertiary/aromatic N) is 4. The van der Waals surface area contributed by atoms with E-state index in [1.807, 2.05) is 6.07 Å². The van der Waals surface area contributed by atoms with Gasteiger partial charge in [0, 0.05) is 5.56 Å². The van der Waals surface area contributed by atoms with Gasteiger partial charge in [0.2, 0.25) is 5.88 Å². The molecular formula is C23H25N5O9S2. The Hall–Kier alpha value is -3.82. The van der Waals surface area contributed by atoms with Gasteiger partial charge in [-0.3, -0.25) is 14.1 Å². The highest BCUT2D eigenvalue weighted by Crippen LogP contribution is 2.44. The van der Waals surface area contributed by atoms with Crippen LogP contribution in [0, 0.1) is 18.3 Å². The molecule has 1 heterocycles. The number of hydrogen-bond acceptors (Lipinski definition) is 12. The standard InChI is InChI=1S/C23H25N5O9S2/c1-15-20(14-24)22(30)28(9-11-37-12-10-29)23(31)21(15)26-25-16-5-7-18(8-6-16)38(32,33)27-17-3-2-4-19(13-17)39(34,35)36/h2-8,13,27,29-30,34-36H,9-12H2,1H3. The Morgan fingerprint density at radius 2 is 1.74 bits per heavy atom. The van der Waals surface area contributed by atoms with Crippen molar-refractivity contribution < 1.29 is 37.0 Å². The van der Waals surface area contributed by atoms with E-state index in [1.165, 1.54) is 49.4 Å². The second-order valence-electron chi connectivity index (χ2n) is 7.92. The lowest BCUT2D eigenvalue weighted by molar-refractivity contribution is 0.0854. The van der Waals surface area contributed by atoms with Gasteiger partial charge in [-0.1, -0.05) is 6.07 Å². The highest BCUT2D eigenvalue weighted by molar-refractivity contribution is 8.19. The fourth-order valence-corrected chi connectivity index (χ4v) is 4.93. The lowest BCUT2D eigenvalue weighted by Crippen LogP contribution is -2.24. The number of sulfonamides is 1. The van der Waals surface area contributed by atoms with Gasteiger partial charge < -0.3 is 28.6 Å². The Morgan fingerprint density at radius 1 is 1.05 bits per heavy atom. The van der Waals surface area contributed by atoms with Gasteiger partial charge in [0.15, 0.2) is 5.69 Å². The monoisotopic (exact) mass is 579 g/mol. The molecular weight excluding hydrogens is 554 g/mol. The van der Waals surface area contributed by atoms with Gasteiger partial charge in [-0.05, 0) is 49.4 Å². The molecule has 16 heteroatoms. The molecule has 0 unspecified atom stereocenters. The third-order valence-corrected chi connectivity index (χ3v) is 7.56. The predicted molar refractivity (Wildman–Crippen MR) is 141 cm³/mol. The van der Waals surface area contributed by atoms with Crippen molar-refractivity contribution in [1.82, 2.24) is 4.57 Å². The topological polar surface area (TPSA) is 227 Å². The minimum Gasteiger partial charge on any atom is -0.493 e. The van der Waals surface area contributed by atoms with E-state index in [0.717, 1.165) is 10.6 Å². The number of aromatic nitrogens is 1. The highest BCUT2D eigenvalue weighted by Gasteiger charge is 2.20. The average Bonchev–Trinajstić information content (AvgIpc) is 2.88. The molecule has 0 bridgehead atoms. The molecule has 3 rings (SSSR count). The molecule has 0 amide bonds. The van der Waals surface area contributed by atoms with E-state index < -0.39 is 32.3 Å². The summed E-state index contributed by atoms with van der Waals surface area (Å²) in [4.78, 5) is 12.5. The molecule has 2 aromatic carbocycles. The van der Waals surface area contributed by atoms with Crippen LogP contribution in [0.25, 0.3) is 0 Å². The van der Waals surface area contributed by atoms with E-state index in [2.05, 4.69) is 15.0 Å². The lowest BCUT2D eigenvalue weighted by atomic mass is 10.1. The van der Waals surface area contributed by atoms with E-state index in [-0.39, 0.29) is 64.3 Å². The molecule has 208 valence electrons. The minimum absolute atomic E-state index is 0.0144. The van der Waals surface area contributed by atoms with Gasteiger partial charge in [0.25, 0.3) is 15.6 Å². The van der Waals surface area contributed by atoms with Crippen molar-refractivity contribution in [2.45, 2.75) is 23.3 Å². The smallest absolute Gasteiger partial charge is 0.281 e. The Morgan fingerprint density at radius 3 is 2.36 bits per heavy atom. The molecule has 6 N–H and O–H groups in total. The molecule has 0 fully saturated rings. The molecule has 39 heavy (non-hydrogen) atoms. The van der Waals surface area contributed by atoms with Crippen LogP contribution >= 0.6 is 10.9 Å². The van der Waals surface area contributed by atoms with E-state index in [1.54, 1.807) is 0 Å². The first-order chi connectivity index (χ1) is 18.4. The number of anilines is 1. The maximum atomic E-state index is 12.9. The number of hydrogen-bond donors (Lipinski definition) is 6. The molecule has 0 aliphatic heterocycles. The van der Waals surface area contributed by atoms with E-state index >= 15 is 0 Å². The lowest BCUT2D eigenvalue weighted by Gasteiger charge is -2.19. The second kappa shape index (κ2) is 12.4. The number of benzene rings is 2. The van der Waals surface area contributed by atoms with Crippen LogP contribution in [0.2, 0.25) is 0 Å². The maximum Gasteiger partial charge on any atom is 0.281 e. The number of aliphatic hydroxyl groups excluding tert-OH is 1. The number of aliphatic hydroxyl groups is 1. The van der Waals surface area contributed by atoms with Crippen molar-refractivity contribution in [3.63, 3.8) is 0 Å². The molecule has 0 aliphatic carbocycles. The van der Waals surface area contributed by atoms with Crippen molar-refractivity contribution >= 4 is 38.0 Å². The summed E-state index contributed by atoms with van der Waals surface area (Å²) < 4.78 is 61.9. The SMILES string of the molecule is Cc1c(C#N)c(O)n(CCOCCO)c(=O)c1N=Nc1ccc(S(=O)(=O)Nc2cccc(S(O)(O)O)c2)cc1. The zero-order valence-corrected chi connectivity index (χ0v) is 22.1. The van der Waals surface area contributed by atoms with Crippen LogP contribution in [0.5, 0.6) is 5.88 Å². The summed E-state index contributed by atoms with van der Waals surface area (Å²) in [5.41, 5.74) is -0.857. The van der Waals surface area contributed by atoms with Crippen molar-refractivity contribution in [2.75, 3.05) is 24.5 Å². The minimum atomic E-state index is -4.11. The first-order valence-electron chi connectivity index (χ1n) is 11.1. The van der Waals surface area contributed by atoms with Crippen LogP contribution in [0.4, 0.5) is 17.1 Å². The summed E-state index contributed by atoms with van der Waals surface area (Å²) in [5, 5.41) is 36.5. The Labute approximate surface area is 224 Å². The summed E-state index contributed by atoms with van der Waals surface area (Å²) in [5.74, 6) is -0.553. The predicted octanol–water partition coefficient (Wildman–Crippen LogP) is 3.54. The Balaban J connectivity index is 1.85. The molecule has 0 aliphatic rings. The fraction of sp³-hybridized carbons (Fsp3) is 0.217. The van der Waals surface area contributed by atoms with Gasteiger partial charge in [0.1, 0.15) is 22.5 Å². The number of pyridine rings is 1. The van der Waals surface area contributed by atoms with Crippen LogP contribution in [-0.2, 0) is 21.3 Å². The molecule has 0 atom stereocenters. The second-order valence-corrected chi connectivity index (χ2v) is 11.1. The Kier molecular flexibility index (Phi) is 9.42. The van der Waals surface area contributed by atoms with Gasteiger partial charge >= 0.3 is 0 Å². The number of nitrogens with one attached hydrogen (secondary N) is 1. The first kappa shape index (κ1) is 29.7. The molecule has 0 saturated heterocycles. The Bertz CT molecular complexity index is 1580. The van der Waals surface area contributed by atoms with Gasteiger partial charge in [-0.15, -0.1) is 5.11 Å². The van der Waals surface area contributed by atoms with Gasteiger partial charge in [-0.25, -0.2) is 8.42 Å². The van der Waals surface area contributed by atoms with Crippen molar-refractivity contribution in [3.8, 4) is 11.9 Å². The number of ether oxygens (including phenoxy) is 1. The molecule has 0 spiro atoms. The molecule has 1 aromatic heterocycles. The third-order valence-electron chi connectivity index (χ3n) is 5.28. The van der Waals surface area contributed by atoms with Crippen molar-refractivity contribution in [1.29, 1.82) is 5.26 Å². The fourth-order valence-electron chi connectivity index (χ4n) is 3.33. The van der Waals surface area contributed by atoms with Gasteiger partial charge in [0.05, 0.1) is 47.5 Å². The maximum absolute atomic E-state index is 12.9. The molecule has 0 saturated carbocycles. The van der Waals surface area contributed by atoms with Crippen molar-refractivity contribution in [2.24, 2.45) is 10.2 Å². The van der Waals surface area contributed by atoms with Crippen LogP contribution in [0.15, 0.2) is 73.3 Å². The summed E-state index contributed by atoms with van der Waals surface area (Å²) in [7, 11) is -8.14. The third kappa shape index (κ3) is 7.19. The first-order valence-corrected chi connectivity index (χ1v) is 14.1. The van der Waals surface area contributed by atoms with Crippen LogP contribution in [0.1, 0.15) is 11.1 Å². The summed E-state index contributed by atoms with van der Waals surface area (Å²) in [6.45, 7) is 1.10. The molecule has 3 aromatic rings. The quantitative estimate of drug-likeness (QED) is 0.143. The van der Waals surface area contributed by atoms with E-state index in [0.29, 0.717) is 0 Å². The van der Waals surface area contributed by atoms with E-state index in [4.69, 9.17) is 9.84 Å². The number of aromatic hydroxyl groups is 1. The number of azo groups is 1. The molecule has 0 radical (unpaired) electrons. The van der Waals surface area contributed by atoms with Crippen molar-refractivity contribution in [3.05, 3.63) is 70.0 Å². The largest absolute Gasteiger partial charge is 0.493 e. The normalized spacial score (nSPS) is 12.4. The zero-order valence-electron chi connectivity index (χ0n) is 20.4. The summed E-state index contributed by atoms with van der Waals surface area (Å²) in [6.07, 6.45) is 0. The van der Waals surface area contributed by atoms with Crippen LogP contribution in [-0.4, -0.2) is 56.7 Å². The summed E-state index contributed by atoms with van der Waals surface area (Å²) in [6, 6.07) is 11.9. The van der Waals surface area contributed by atoms with Crippen LogP contribution < -0.4 is 10.3 Å². The average molecular weight is 580 g/mol. The van der Waals surface area contributed by atoms with Crippen LogP contribution in [0.3, 0.4) is 0 Å². The molecule has 14 nitrogen and oxygen atoms in total. The number of rotatable bonds is 11. The van der Waals surface area contributed by atoms with Gasteiger partial charge in [-0.2, -0.15) is 10.4 Å². The highest BCUT2D eigenvalue weighted by atomic mass is 32.3. The van der Waals surface area contributed by atoms with E-state index in [9.17, 15) is 37.2 Å². The summed E-state index contributed by atoms with van der Waals surface area (Å²) >= 11 is 0.